The molecule has 4 fully saturated rings. The second-order valence-electron chi connectivity index (χ2n) is 18.3. The van der Waals surface area contributed by atoms with Crippen LogP contribution < -0.4 is 0 Å². The second-order valence-corrected chi connectivity index (χ2v) is 18.3. The molecule has 0 aliphatic carbocycles. The van der Waals surface area contributed by atoms with Gasteiger partial charge in [-0.25, -0.2) is 19.6 Å². The Morgan fingerprint density at radius 2 is 0.953 bits per heavy atom. The van der Waals surface area contributed by atoms with Crippen LogP contribution in [-0.2, 0) is 19.1 Å². The predicted molar refractivity (Wildman–Crippen MR) is 229 cm³/mol. The monoisotopic (exact) mass is 878 g/mol. The lowest BCUT2D eigenvalue weighted by Crippen LogP contribution is -2.47. The number of carbonyl (C=O) groups is 2. The van der Waals surface area contributed by atoms with Crippen molar-refractivity contribution in [2.24, 2.45) is 10.8 Å². The summed E-state index contributed by atoms with van der Waals surface area (Å²) in [6.45, 7) is 13.6. The third kappa shape index (κ3) is 9.55. The number of nitrogens with zero attached hydrogens (tertiary/aromatic N) is 14. The molecule has 2 atom stereocenters. The fraction of sp³-hybridized carbons (Fsp3) is 0.591. The van der Waals surface area contributed by atoms with Gasteiger partial charge in [-0.1, -0.05) is 12.1 Å². The van der Waals surface area contributed by atoms with E-state index in [2.05, 4.69) is 60.6 Å². The maximum absolute atomic E-state index is 11.7. The van der Waals surface area contributed by atoms with Crippen molar-refractivity contribution >= 4 is 11.9 Å². The van der Waals surface area contributed by atoms with Gasteiger partial charge in [-0.15, -0.1) is 10.2 Å². The van der Waals surface area contributed by atoms with Crippen molar-refractivity contribution in [3.63, 3.8) is 0 Å². The lowest BCUT2D eigenvalue weighted by molar-refractivity contribution is -0.136. The highest BCUT2D eigenvalue weighted by Gasteiger charge is 2.41. The molecular formula is C44H58N14O6. The number of cyclic esters (lactones) is 2. The maximum atomic E-state index is 11.7. The third-order valence-corrected chi connectivity index (χ3v) is 14.6. The van der Waals surface area contributed by atoms with E-state index in [0.717, 1.165) is 126 Å². The summed E-state index contributed by atoms with van der Waals surface area (Å²) in [4.78, 5) is 41.8. The highest BCUT2D eigenvalue weighted by molar-refractivity contribution is 5.91. The van der Waals surface area contributed by atoms with Gasteiger partial charge in [0.2, 0.25) is 0 Å². The summed E-state index contributed by atoms with van der Waals surface area (Å²) in [6.07, 6.45) is 10.8. The second kappa shape index (κ2) is 18.8. The molecular weight excluding hydrogens is 821 g/mol. The summed E-state index contributed by atoms with van der Waals surface area (Å²) < 4.78 is 13.3. The highest BCUT2D eigenvalue weighted by atomic mass is 16.5. The van der Waals surface area contributed by atoms with Crippen molar-refractivity contribution in [3.05, 3.63) is 83.0 Å². The number of hydrogen-bond acceptors (Lipinski definition) is 18. The molecule has 10 heterocycles. The van der Waals surface area contributed by atoms with Crippen LogP contribution in [0.4, 0.5) is 0 Å². The maximum Gasteiger partial charge on any atom is 0.335 e. The van der Waals surface area contributed by atoms with Crippen LogP contribution in [0.2, 0.25) is 0 Å². The Morgan fingerprint density at radius 1 is 0.578 bits per heavy atom. The minimum Gasteiger partial charge on any atom is -0.456 e. The van der Waals surface area contributed by atoms with Gasteiger partial charge >= 0.3 is 11.9 Å². The molecule has 0 amide bonds. The number of aliphatic hydroxyl groups excluding tert-OH is 2. The SMILES string of the molecule is CC1=C(N2CCC3(CCN(C[C@@H](O)c4cccc(-n5cnnn5)n4)CC3)CC2)COC1=O.CC1=C(N2CCC3(CCN(C[C@H](O)c4cccc(-n5cnnn5)n4)CC3)CC2)COC1=O. The van der Waals surface area contributed by atoms with Gasteiger partial charge < -0.3 is 39.3 Å². The van der Waals surface area contributed by atoms with E-state index in [4.69, 9.17) is 9.47 Å². The molecule has 0 saturated carbocycles. The van der Waals surface area contributed by atoms with Crippen LogP contribution in [-0.4, -0.2) is 171 Å². The number of pyridine rings is 2. The molecule has 0 bridgehead atoms. The predicted octanol–water partition coefficient (Wildman–Crippen LogP) is 2.20. The molecule has 20 nitrogen and oxygen atoms in total. The lowest BCUT2D eigenvalue weighted by atomic mass is 9.71. The van der Waals surface area contributed by atoms with Crippen LogP contribution in [0.1, 0.15) is 88.8 Å². The normalized spacial score (nSPS) is 22.4. The summed E-state index contributed by atoms with van der Waals surface area (Å²) in [5, 5.41) is 43.8. The molecule has 2 spiro atoms. The number of tetrazole rings is 2. The number of rotatable bonds is 10. The van der Waals surface area contributed by atoms with Gasteiger partial charge in [0.05, 0.1) is 33.9 Å². The van der Waals surface area contributed by atoms with E-state index in [0.29, 0.717) is 60.2 Å². The molecule has 20 heteroatoms. The Kier molecular flexibility index (Phi) is 12.8. The largest absolute Gasteiger partial charge is 0.456 e. The summed E-state index contributed by atoms with van der Waals surface area (Å²) in [5.41, 5.74) is 5.67. The first kappa shape index (κ1) is 43.5. The van der Waals surface area contributed by atoms with Crippen LogP contribution in [0.25, 0.3) is 11.6 Å². The number of ether oxygens (including phenoxy) is 2. The van der Waals surface area contributed by atoms with Crippen molar-refractivity contribution in [3.8, 4) is 11.6 Å². The molecule has 6 aliphatic heterocycles. The summed E-state index contributed by atoms with van der Waals surface area (Å²) in [7, 11) is 0. The molecule has 4 aromatic heterocycles. The smallest absolute Gasteiger partial charge is 0.335 e. The minimum atomic E-state index is -0.655. The average molecular weight is 879 g/mol. The first-order chi connectivity index (χ1) is 31.1. The lowest BCUT2D eigenvalue weighted by Gasteiger charge is -2.47. The van der Waals surface area contributed by atoms with Crippen LogP contribution in [0, 0.1) is 10.8 Å². The van der Waals surface area contributed by atoms with Crippen molar-refractivity contribution < 1.29 is 29.3 Å². The highest BCUT2D eigenvalue weighted by Crippen LogP contribution is 2.44. The molecule has 0 radical (unpaired) electrons. The van der Waals surface area contributed by atoms with Gasteiger partial charge in [0.25, 0.3) is 0 Å². The van der Waals surface area contributed by atoms with Gasteiger partial charge in [-0.2, -0.15) is 9.36 Å². The van der Waals surface area contributed by atoms with Gasteiger partial charge in [0.15, 0.2) is 11.6 Å². The Labute approximate surface area is 371 Å². The van der Waals surface area contributed by atoms with Gasteiger partial charge in [-0.3, -0.25) is 0 Å². The zero-order valence-electron chi connectivity index (χ0n) is 36.7. The average Bonchev–Trinajstić information content (AvgIpc) is 4.18. The zero-order valence-corrected chi connectivity index (χ0v) is 36.7. The first-order valence-electron chi connectivity index (χ1n) is 22.5. The Morgan fingerprint density at radius 3 is 1.28 bits per heavy atom. The standard InChI is InChI=1S/2C22H29N7O3/c2*1-16-18(14-32-21(16)31)28-11-7-22(8-12-28)5-9-27(10-6-22)13-19(30)17-3-2-4-20(24-17)29-15-23-25-26-29/h2*2-4,15,19,30H,5-14H2,1H3/t2*19-/m10/s1. The number of likely N-dealkylation sites (tertiary alicyclic amines) is 4. The van der Waals surface area contributed by atoms with Gasteiger partial charge in [-0.05, 0) is 147 Å². The van der Waals surface area contributed by atoms with Crippen molar-refractivity contribution in [1.82, 2.24) is 70.0 Å². The van der Waals surface area contributed by atoms with Crippen LogP contribution in [0.3, 0.4) is 0 Å². The molecule has 0 aromatic carbocycles. The van der Waals surface area contributed by atoms with Gasteiger partial charge in [0.1, 0.15) is 38.1 Å². The van der Waals surface area contributed by atoms with E-state index in [1.54, 1.807) is 0 Å². The molecule has 4 aromatic rings. The summed E-state index contributed by atoms with van der Waals surface area (Å²) >= 11 is 0. The van der Waals surface area contributed by atoms with E-state index >= 15 is 0 Å². The molecule has 340 valence electrons. The molecule has 10 rings (SSSR count). The number of piperidine rings is 4. The van der Waals surface area contributed by atoms with E-state index < -0.39 is 12.2 Å². The topological polar surface area (TPSA) is 219 Å². The van der Waals surface area contributed by atoms with Crippen LogP contribution in [0.15, 0.2) is 71.6 Å². The fourth-order valence-electron chi connectivity index (χ4n) is 10.2. The zero-order chi connectivity index (χ0) is 44.3. The molecule has 6 aliphatic rings. The molecule has 4 saturated heterocycles. The Balaban J connectivity index is 0.000000162. The number of esters is 2. The minimum absolute atomic E-state index is 0.176. The number of β-amino-alcohol motifs (C(OH)–C–C–N with tert-alkyl or cyclic N) is 2. The Hall–Kier alpha value is -5.70. The van der Waals surface area contributed by atoms with Crippen molar-refractivity contribution in [2.45, 2.75) is 77.4 Å². The summed E-state index contributed by atoms with van der Waals surface area (Å²) in [5.74, 6) is 0.835. The van der Waals surface area contributed by atoms with Crippen molar-refractivity contribution in [2.75, 3.05) is 78.7 Å². The van der Waals surface area contributed by atoms with E-state index in [1.807, 2.05) is 50.2 Å². The van der Waals surface area contributed by atoms with Gasteiger partial charge in [0, 0.05) is 39.3 Å². The fourth-order valence-corrected chi connectivity index (χ4v) is 10.2. The molecule has 64 heavy (non-hydrogen) atoms. The van der Waals surface area contributed by atoms with Crippen LogP contribution >= 0.6 is 0 Å². The quantitative estimate of drug-likeness (QED) is 0.218. The first-order valence-corrected chi connectivity index (χ1v) is 22.5. The number of aromatic nitrogens is 10. The number of aliphatic hydroxyl groups is 2. The van der Waals surface area contributed by atoms with E-state index in [-0.39, 0.29) is 11.9 Å². The molecule has 2 N–H and O–H groups in total. The summed E-state index contributed by atoms with van der Waals surface area (Å²) in [6, 6.07) is 11.0. The van der Waals surface area contributed by atoms with Crippen LogP contribution in [0.5, 0.6) is 0 Å². The van der Waals surface area contributed by atoms with E-state index in [9.17, 15) is 19.8 Å². The number of carbonyl (C=O) groups excluding carboxylic acids is 2. The third-order valence-electron chi connectivity index (χ3n) is 14.6. The van der Waals surface area contributed by atoms with E-state index in [1.165, 1.54) is 22.0 Å². The number of hydrogen-bond donors (Lipinski definition) is 2. The Bertz CT molecular complexity index is 2140. The molecule has 0 unspecified atom stereocenters. The van der Waals surface area contributed by atoms with Crippen molar-refractivity contribution in [1.29, 1.82) is 0 Å².